The third kappa shape index (κ3) is 6.72. The Morgan fingerprint density at radius 2 is 2.00 bits per heavy atom. The molecule has 1 saturated carbocycles. The molecule has 0 aliphatic heterocycles. The van der Waals surface area contributed by atoms with Crippen molar-refractivity contribution in [3.63, 3.8) is 0 Å². The minimum absolute atomic E-state index is 0.149. The van der Waals surface area contributed by atoms with E-state index >= 15 is 0 Å². The zero-order valence-corrected chi connectivity index (χ0v) is 14.0. The van der Waals surface area contributed by atoms with Crippen LogP contribution in [0.4, 0.5) is 0 Å². The summed E-state index contributed by atoms with van der Waals surface area (Å²) in [6.45, 7) is 7.98. The van der Waals surface area contributed by atoms with Gasteiger partial charge in [-0.1, -0.05) is 51.8 Å². The summed E-state index contributed by atoms with van der Waals surface area (Å²) in [7, 11) is 2.71. The molecule has 1 aliphatic carbocycles. The summed E-state index contributed by atoms with van der Waals surface area (Å²) in [4.78, 5) is 0. The smallest absolute Gasteiger partial charge is 0.201 e. The van der Waals surface area contributed by atoms with Crippen LogP contribution in [0.1, 0.15) is 46.0 Å². The number of hydrogen-bond acceptors (Lipinski definition) is 2. The number of allylic oxidation sites excluding steroid dienone is 4. The van der Waals surface area contributed by atoms with Crippen molar-refractivity contribution in [3.8, 4) is 0 Å². The Bertz CT molecular complexity index is 328. The summed E-state index contributed by atoms with van der Waals surface area (Å²) < 4.78 is 11.9. The lowest BCUT2D eigenvalue weighted by atomic mass is 9.97. The van der Waals surface area contributed by atoms with Crippen LogP contribution in [0.2, 0.25) is 0 Å². The summed E-state index contributed by atoms with van der Waals surface area (Å²) in [6.07, 6.45) is 14.9. The molecule has 0 bridgehead atoms. The lowest BCUT2D eigenvalue weighted by Gasteiger charge is -2.29. The first kappa shape index (κ1) is 17.5. The molecule has 0 aromatic rings. The lowest BCUT2D eigenvalue weighted by molar-refractivity contribution is -0.170. The molecule has 1 fully saturated rings. The van der Waals surface area contributed by atoms with Crippen molar-refractivity contribution >= 4 is 9.24 Å². The Balaban J connectivity index is 2.47. The van der Waals surface area contributed by atoms with E-state index in [0.29, 0.717) is 12.0 Å². The monoisotopic (exact) mass is 296 g/mol. The molecule has 2 atom stereocenters. The second-order valence-corrected chi connectivity index (χ2v) is 6.04. The maximum atomic E-state index is 6.11. The minimum atomic E-state index is -0.149. The maximum Gasteiger partial charge on any atom is 0.201 e. The van der Waals surface area contributed by atoms with Crippen molar-refractivity contribution in [2.24, 2.45) is 5.92 Å². The van der Waals surface area contributed by atoms with E-state index in [1.807, 2.05) is 12.2 Å². The summed E-state index contributed by atoms with van der Waals surface area (Å²) in [6, 6.07) is 0. The van der Waals surface area contributed by atoms with Crippen molar-refractivity contribution in [2.75, 3.05) is 6.16 Å². The van der Waals surface area contributed by atoms with Gasteiger partial charge in [-0.2, -0.15) is 0 Å². The molecule has 0 spiro atoms. The quantitative estimate of drug-likeness (QED) is 0.276. The summed E-state index contributed by atoms with van der Waals surface area (Å²) >= 11 is 0. The van der Waals surface area contributed by atoms with Crippen molar-refractivity contribution in [1.82, 2.24) is 0 Å². The molecule has 0 aromatic carbocycles. The van der Waals surface area contributed by atoms with Gasteiger partial charge in [0.2, 0.25) is 6.29 Å². The molecule has 0 radical (unpaired) electrons. The zero-order valence-electron chi connectivity index (χ0n) is 12.9. The maximum absolute atomic E-state index is 6.11. The molecule has 0 heterocycles. The highest BCUT2D eigenvalue weighted by Crippen LogP contribution is 2.24. The minimum Gasteiger partial charge on any atom is -0.472 e. The molecular formula is C17H29O2P. The van der Waals surface area contributed by atoms with Crippen LogP contribution >= 0.6 is 9.24 Å². The van der Waals surface area contributed by atoms with E-state index in [1.54, 1.807) is 12.3 Å². The van der Waals surface area contributed by atoms with Crippen LogP contribution in [-0.2, 0) is 9.47 Å². The van der Waals surface area contributed by atoms with Crippen molar-refractivity contribution in [1.29, 1.82) is 0 Å². The van der Waals surface area contributed by atoms with Gasteiger partial charge in [0.05, 0.1) is 12.4 Å². The molecule has 0 N–H and O–H groups in total. The standard InChI is InChI=1S/C17H29O2P/c1-4-8-15(13-20)11-12-18-17(14(2)3)19-16-9-6-5-7-10-16/h4,8,11-12,14,16-17H,1,5-7,9-10,13,20H2,2-3H3/b12-11-,15-8+. The van der Waals surface area contributed by atoms with Gasteiger partial charge in [0, 0.05) is 5.92 Å². The molecule has 0 aromatic heterocycles. The summed E-state index contributed by atoms with van der Waals surface area (Å²) in [5.74, 6) is 0.351. The normalized spacial score (nSPS) is 19.5. The van der Waals surface area contributed by atoms with E-state index in [9.17, 15) is 0 Å². The van der Waals surface area contributed by atoms with Crippen molar-refractivity contribution in [3.05, 3.63) is 36.6 Å². The average molecular weight is 296 g/mol. The Labute approximate surface area is 126 Å². The summed E-state index contributed by atoms with van der Waals surface area (Å²) in [5, 5.41) is 0. The molecular weight excluding hydrogens is 267 g/mol. The Hall–Kier alpha value is -0.590. The molecule has 1 rings (SSSR count). The number of hydrogen-bond donors (Lipinski definition) is 0. The highest BCUT2D eigenvalue weighted by atomic mass is 31.0. The van der Waals surface area contributed by atoms with Gasteiger partial charge in [0.15, 0.2) is 0 Å². The van der Waals surface area contributed by atoms with Gasteiger partial charge in [0.1, 0.15) is 0 Å². The van der Waals surface area contributed by atoms with Gasteiger partial charge in [0.25, 0.3) is 0 Å². The Kier molecular flexibility index (Phi) is 8.89. The largest absolute Gasteiger partial charge is 0.472 e. The van der Waals surface area contributed by atoms with Crippen LogP contribution in [0, 0.1) is 5.92 Å². The van der Waals surface area contributed by atoms with Gasteiger partial charge in [-0.05, 0) is 30.7 Å². The summed E-state index contributed by atoms with van der Waals surface area (Å²) in [5.41, 5.74) is 1.17. The van der Waals surface area contributed by atoms with E-state index in [0.717, 1.165) is 6.16 Å². The molecule has 1 aliphatic rings. The van der Waals surface area contributed by atoms with Crippen molar-refractivity contribution in [2.45, 2.75) is 58.3 Å². The molecule has 0 amide bonds. The van der Waals surface area contributed by atoms with Gasteiger partial charge in [-0.3, -0.25) is 0 Å². The predicted molar refractivity (Wildman–Crippen MR) is 89.7 cm³/mol. The highest BCUT2D eigenvalue weighted by Gasteiger charge is 2.21. The molecule has 2 unspecified atom stereocenters. The second-order valence-electron chi connectivity index (χ2n) is 5.63. The molecule has 2 nitrogen and oxygen atoms in total. The van der Waals surface area contributed by atoms with E-state index < -0.39 is 0 Å². The third-order valence-corrected chi connectivity index (χ3v) is 3.96. The molecule has 3 heteroatoms. The van der Waals surface area contributed by atoms with Crippen LogP contribution in [0.25, 0.3) is 0 Å². The van der Waals surface area contributed by atoms with E-state index in [1.165, 1.54) is 37.7 Å². The first-order chi connectivity index (χ1) is 9.67. The van der Waals surface area contributed by atoms with Crippen LogP contribution < -0.4 is 0 Å². The van der Waals surface area contributed by atoms with Crippen LogP contribution in [0.3, 0.4) is 0 Å². The van der Waals surface area contributed by atoms with Gasteiger partial charge < -0.3 is 9.47 Å². The zero-order chi connectivity index (χ0) is 14.8. The van der Waals surface area contributed by atoms with Crippen LogP contribution in [0.5, 0.6) is 0 Å². The molecule has 20 heavy (non-hydrogen) atoms. The molecule has 114 valence electrons. The van der Waals surface area contributed by atoms with Crippen LogP contribution in [0.15, 0.2) is 36.6 Å². The van der Waals surface area contributed by atoms with E-state index in [2.05, 4.69) is 29.7 Å². The van der Waals surface area contributed by atoms with Gasteiger partial charge >= 0.3 is 0 Å². The average Bonchev–Trinajstić information content (AvgIpc) is 2.46. The SMILES string of the molecule is C=C/C=C(\C=C/OC(OC1CCCCC1)C(C)C)CP. The highest BCUT2D eigenvalue weighted by molar-refractivity contribution is 7.16. The fourth-order valence-electron chi connectivity index (χ4n) is 2.28. The van der Waals surface area contributed by atoms with Crippen molar-refractivity contribution < 1.29 is 9.47 Å². The Morgan fingerprint density at radius 3 is 2.55 bits per heavy atom. The topological polar surface area (TPSA) is 18.5 Å². The van der Waals surface area contributed by atoms with Gasteiger partial charge in [-0.25, -0.2) is 0 Å². The third-order valence-electron chi connectivity index (χ3n) is 3.49. The predicted octanol–water partition coefficient (Wildman–Crippen LogP) is 4.84. The fourth-order valence-corrected chi connectivity index (χ4v) is 2.56. The van der Waals surface area contributed by atoms with Gasteiger partial charge in [-0.15, -0.1) is 9.24 Å². The lowest BCUT2D eigenvalue weighted by Crippen LogP contribution is -2.29. The fraction of sp³-hybridized carbons (Fsp3) is 0.647. The number of rotatable bonds is 8. The van der Waals surface area contributed by atoms with E-state index in [4.69, 9.17) is 9.47 Å². The first-order valence-electron chi connectivity index (χ1n) is 7.66. The van der Waals surface area contributed by atoms with E-state index in [-0.39, 0.29) is 6.29 Å². The second kappa shape index (κ2) is 10.2. The number of ether oxygens (including phenoxy) is 2. The molecule has 0 saturated heterocycles. The van der Waals surface area contributed by atoms with Crippen LogP contribution in [-0.4, -0.2) is 18.6 Å². The first-order valence-corrected chi connectivity index (χ1v) is 8.48. The Morgan fingerprint density at radius 1 is 1.30 bits per heavy atom.